The molecule has 0 fully saturated rings. The SMILES string of the molecule is CC([SiH](Br)C(C)(C)c1ccccc1)C(C)(C)C. The van der Waals surface area contributed by atoms with Crippen LogP contribution in [0.5, 0.6) is 0 Å². The van der Waals surface area contributed by atoms with Crippen LogP contribution in [0.3, 0.4) is 0 Å². The van der Waals surface area contributed by atoms with Crippen molar-refractivity contribution < 1.29 is 0 Å². The summed E-state index contributed by atoms with van der Waals surface area (Å²) in [5, 5.41) is 0.286. The number of hydrogen-bond acceptors (Lipinski definition) is 0. The second-order valence-corrected chi connectivity index (χ2v) is 12.9. The average molecular weight is 313 g/mol. The Labute approximate surface area is 116 Å². The van der Waals surface area contributed by atoms with Gasteiger partial charge in [0, 0.05) is 0 Å². The molecule has 2 atom stereocenters. The summed E-state index contributed by atoms with van der Waals surface area (Å²) in [5.41, 5.74) is 2.59. The fourth-order valence-corrected chi connectivity index (χ4v) is 7.90. The lowest BCUT2D eigenvalue weighted by Gasteiger charge is -2.39. The standard InChI is InChI=1S/C15H25BrSi/c1-12(14(2,3)4)17(16)15(5,6)13-10-8-7-9-11-13/h7-12,17H,1-6H3. The van der Waals surface area contributed by atoms with E-state index in [0.29, 0.717) is 5.41 Å². The zero-order valence-electron chi connectivity index (χ0n) is 11.9. The van der Waals surface area contributed by atoms with Crippen molar-refractivity contribution in [2.24, 2.45) is 5.41 Å². The molecular formula is C15H25BrSi. The van der Waals surface area contributed by atoms with Gasteiger partial charge in [-0.05, 0) is 21.6 Å². The van der Waals surface area contributed by atoms with Gasteiger partial charge in [0.1, 0.15) is 7.42 Å². The molecule has 0 N–H and O–H groups in total. The van der Waals surface area contributed by atoms with Gasteiger partial charge in [-0.2, -0.15) is 0 Å². The monoisotopic (exact) mass is 312 g/mol. The highest BCUT2D eigenvalue weighted by atomic mass is 79.9. The van der Waals surface area contributed by atoms with Crippen LogP contribution in [0.4, 0.5) is 0 Å². The van der Waals surface area contributed by atoms with Crippen molar-refractivity contribution >= 4 is 22.7 Å². The maximum Gasteiger partial charge on any atom is 0.127 e. The van der Waals surface area contributed by atoms with Gasteiger partial charge in [-0.3, -0.25) is 0 Å². The molecule has 0 saturated heterocycles. The first-order valence-electron chi connectivity index (χ1n) is 6.37. The molecule has 0 heterocycles. The highest BCUT2D eigenvalue weighted by Gasteiger charge is 2.39. The van der Waals surface area contributed by atoms with Crippen LogP contribution < -0.4 is 0 Å². The molecular weight excluding hydrogens is 288 g/mol. The summed E-state index contributed by atoms with van der Waals surface area (Å²) in [6.45, 7) is 14.2. The van der Waals surface area contributed by atoms with E-state index in [2.05, 4.69) is 87.2 Å². The lowest BCUT2D eigenvalue weighted by molar-refractivity contribution is 0.388. The van der Waals surface area contributed by atoms with E-state index >= 15 is 0 Å². The molecule has 2 unspecified atom stereocenters. The van der Waals surface area contributed by atoms with E-state index in [-0.39, 0.29) is 5.04 Å². The average Bonchev–Trinajstić information content (AvgIpc) is 2.27. The van der Waals surface area contributed by atoms with E-state index in [1.807, 2.05) is 0 Å². The van der Waals surface area contributed by atoms with Gasteiger partial charge in [0.2, 0.25) is 0 Å². The van der Waals surface area contributed by atoms with Crippen molar-refractivity contribution in [3.05, 3.63) is 35.9 Å². The summed E-state index contributed by atoms with van der Waals surface area (Å²) in [6, 6.07) is 10.9. The lowest BCUT2D eigenvalue weighted by Crippen LogP contribution is -2.40. The molecule has 0 aromatic heterocycles. The van der Waals surface area contributed by atoms with E-state index in [9.17, 15) is 0 Å². The molecule has 0 spiro atoms. The molecule has 1 aromatic carbocycles. The first-order chi connectivity index (χ1) is 7.67. The van der Waals surface area contributed by atoms with Gasteiger partial charge in [0.15, 0.2) is 0 Å². The summed E-state index contributed by atoms with van der Waals surface area (Å²) < 4.78 is 0. The van der Waals surface area contributed by atoms with Gasteiger partial charge < -0.3 is 0 Å². The van der Waals surface area contributed by atoms with E-state index in [0.717, 1.165) is 5.54 Å². The predicted octanol–water partition coefficient (Wildman–Crippen LogP) is 5.06. The first kappa shape index (κ1) is 15.0. The topological polar surface area (TPSA) is 0 Å². The molecule has 0 nitrogen and oxygen atoms in total. The van der Waals surface area contributed by atoms with Crippen LogP contribution >= 0.6 is 15.3 Å². The van der Waals surface area contributed by atoms with E-state index in [4.69, 9.17) is 0 Å². The number of halogens is 1. The largest absolute Gasteiger partial charge is 0.130 e. The molecule has 1 aromatic rings. The molecule has 17 heavy (non-hydrogen) atoms. The Balaban J connectivity index is 2.99. The van der Waals surface area contributed by atoms with Gasteiger partial charge in [-0.25, -0.2) is 0 Å². The van der Waals surface area contributed by atoms with Crippen molar-refractivity contribution in [1.82, 2.24) is 0 Å². The van der Waals surface area contributed by atoms with Crippen molar-refractivity contribution in [2.45, 2.75) is 52.1 Å². The summed E-state index contributed by atoms with van der Waals surface area (Å²) in [5.74, 6) is 0. The van der Waals surface area contributed by atoms with E-state index in [1.54, 1.807) is 0 Å². The van der Waals surface area contributed by atoms with Gasteiger partial charge in [-0.1, -0.05) is 71.9 Å². The normalized spacial score (nSPS) is 16.6. The Morgan fingerprint density at radius 2 is 1.47 bits per heavy atom. The van der Waals surface area contributed by atoms with Gasteiger partial charge in [0.05, 0.1) is 0 Å². The van der Waals surface area contributed by atoms with Crippen LogP contribution in [0.15, 0.2) is 30.3 Å². The maximum absolute atomic E-state index is 4.08. The van der Waals surface area contributed by atoms with E-state index in [1.165, 1.54) is 5.56 Å². The number of benzene rings is 1. The Hall–Kier alpha value is -0.0831. The zero-order valence-corrected chi connectivity index (χ0v) is 14.7. The molecule has 1 rings (SSSR count). The highest BCUT2D eigenvalue weighted by Crippen LogP contribution is 2.43. The third-order valence-corrected chi connectivity index (χ3v) is 13.4. The third-order valence-electron chi connectivity index (χ3n) is 4.01. The van der Waals surface area contributed by atoms with Crippen LogP contribution in [0.25, 0.3) is 0 Å². The van der Waals surface area contributed by atoms with E-state index < -0.39 is 7.42 Å². The fraction of sp³-hybridized carbons (Fsp3) is 0.600. The Morgan fingerprint density at radius 3 is 1.88 bits per heavy atom. The van der Waals surface area contributed by atoms with Crippen LogP contribution in [-0.4, -0.2) is 7.42 Å². The van der Waals surface area contributed by atoms with Gasteiger partial charge >= 0.3 is 0 Å². The minimum absolute atomic E-state index is 0.286. The summed E-state index contributed by atoms with van der Waals surface area (Å²) in [7, 11) is -1.04. The number of rotatable bonds is 3. The maximum atomic E-state index is 4.08. The minimum atomic E-state index is -1.04. The van der Waals surface area contributed by atoms with Crippen LogP contribution in [0.2, 0.25) is 5.54 Å². The number of hydrogen-bond donors (Lipinski definition) is 0. The Bertz CT molecular complexity index is 351. The lowest BCUT2D eigenvalue weighted by atomic mass is 9.93. The van der Waals surface area contributed by atoms with Crippen molar-refractivity contribution in [1.29, 1.82) is 0 Å². The summed E-state index contributed by atoms with van der Waals surface area (Å²) >= 11 is 4.08. The molecule has 0 radical (unpaired) electrons. The Morgan fingerprint density at radius 1 is 1.00 bits per heavy atom. The summed E-state index contributed by atoms with van der Waals surface area (Å²) in [6.07, 6.45) is 0. The second-order valence-electron chi connectivity index (χ2n) is 6.64. The molecule has 96 valence electrons. The highest BCUT2D eigenvalue weighted by molar-refractivity contribution is 9.24. The van der Waals surface area contributed by atoms with Crippen molar-refractivity contribution in [3.63, 3.8) is 0 Å². The molecule has 0 bridgehead atoms. The third kappa shape index (κ3) is 3.44. The molecule has 0 saturated carbocycles. The molecule has 0 aliphatic heterocycles. The smallest absolute Gasteiger partial charge is 0.127 e. The zero-order chi connectivity index (χ0) is 13.3. The minimum Gasteiger partial charge on any atom is -0.130 e. The first-order valence-corrected chi connectivity index (χ1v) is 10.8. The van der Waals surface area contributed by atoms with Crippen LogP contribution in [0, 0.1) is 5.41 Å². The predicted molar refractivity (Wildman–Crippen MR) is 84.4 cm³/mol. The van der Waals surface area contributed by atoms with Crippen LogP contribution in [0.1, 0.15) is 47.1 Å². The van der Waals surface area contributed by atoms with Gasteiger partial charge in [0.25, 0.3) is 0 Å². The molecule has 0 aliphatic rings. The van der Waals surface area contributed by atoms with Crippen molar-refractivity contribution in [3.8, 4) is 0 Å². The quantitative estimate of drug-likeness (QED) is 0.540. The second kappa shape index (κ2) is 5.27. The Kier molecular flexibility index (Phi) is 4.65. The van der Waals surface area contributed by atoms with Crippen LogP contribution in [-0.2, 0) is 5.04 Å². The summed E-state index contributed by atoms with van der Waals surface area (Å²) in [4.78, 5) is 0. The van der Waals surface area contributed by atoms with Gasteiger partial charge in [-0.15, -0.1) is 15.3 Å². The van der Waals surface area contributed by atoms with Crippen molar-refractivity contribution in [2.75, 3.05) is 0 Å². The fourth-order valence-electron chi connectivity index (χ4n) is 2.09. The molecule has 0 aliphatic carbocycles. The molecule has 2 heteroatoms. The molecule has 0 amide bonds.